The van der Waals surface area contributed by atoms with Crippen LogP contribution in [-0.2, 0) is 16.0 Å². The number of ether oxygens (including phenoxy) is 3. The molecular weight excluding hydrogens is 370 g/mol. The third-order valence-corrected chi connectivity index (χ3v) is 5.05. The van der Waals surface area contributed by atoms with Gasteiger partial charge in [-0.25, -0.2) is 4.79 Å². The predicted molar refractivity (Wildman–Crippen MR) is 111 cm³/mol. The van der Waals surface area contributed by atoms with E-state index in [1.54, 1.807) is 26.4 Å². The molecule has 6 heteroatoms. The zero-order valence-electron chi connectivity index (χ0n) is 17.2. The molecule has 0 aliphatic rings. The van der Waals surface area contributed by atoms with E-state index >= 15 is 0 Å². The van der Waals surface area contributed by atoms with Gasteiger partial charge in [-0.15, -0.1) is 0 Å². The highest BCUT2D eigenvalue weighted by Gasteiger charge is 2.19. The molecule has 0 aliphatic heterocycles. The van der Waals surface area contributed by atoms with Crippen LogP contribution in [0.5, 0.6) is 5.75 Å². The maximum Gasteiger partial charge on any atom is 0.339 e. The zero-order chi connectivity index (χ0) is 21.0. The van der Waals surface area contributed by atoms with Gasteiger partial charge in [0.15, 0.2) is 6.61 Å². The van der Waals surface area contributed by atoms with E-state index in [1.165, 1.54) is 0 Å². The molecule has 0 radical (unpaired) electrons. The molecule has 1 heterocycles. The van der Waals surface area contributed by atoms with Crippen LogP contribution >= 0.6 is 0 Å². The van der Waals surface area contributed by atoms with E-state index in [2.05, 4.69) is 0 Å². The summed E-state index contributed by atoms with van der Waals surface area (Å²) >= 11 is 0. The van der Waals surface area contributed by atoms with Gasteiger partial charge in [-0.2, -0.15) is 0 Å². The number of nitrogens with zero attached hydrogens (tertiary/aromatic N) is 1. The molecule has 0 saturated heterocycles. The van der Waals surface area contributed by atoms with Crippen LogP contribution in [0.3, 0.4) is 0 Å². The molecule has 0 N–H and O–H groups in total. The summed E-state index contributed by atoms with van der Waals surface area (Å²) < 4.78 is 17.8. The van der Waals surface area contributed by atoms with E-state index in [9.17, 15) is 9.59 Å². The minimum atomic E-state index is -0.537. The molecule has 1 aromatic heterocycles. The Hall–Kier alpha value is -3.12. The van der Waals surface area contributed by atoms with Gasteiger partial charge < -0.3 is 18.8 Å². The van der Waals surface area contributed by atoms with Gasteiger partial charge in [0.1, 0.15) is 5.75 Å². The van der Waals surface area contributed by atoms with E-state index in [0.717, 1.165) is 22.2 Å². The summed E-state index contributed by atoms with van der Waals surface area (Å²) in [6.07, 6.45) is 0. The molecule has 152 valence electrons. The Labute approximate surface area is 170 Å². The van der Waals surface area contributed by atoms with Crippen molar-refractivity contribution in [2.75, 3.05) is 27.4 Å². The SMILES string of the molecule is COCCn1c(C)cc(C(=O)COC(=O)c2ccc(OC)c3ccccc23)c1C. The predicted octanol–water partition coefficient (Wildman–Crippen LogP) is 3.95. The average Bonchev–Trinajstić information content (AvgIpc) is 3.02. The number of carbonyl (C=O) groups excluding carboxylic acids is 2. The molecule has 0 spiro atoms. The number of ketones is 1. The van der Waals surface area contributed by atoms with Gasteiger partial charge in [-0.3, -0.25) is 4.79 Å². The maximum atomic E-state index is 12.7. The first kappa shape index (κ1) is 20.6. The number of methoxy groups -OCH3 is 2. The van der Waals surface area contributed by atoms with Crippen molar-refractivity contribution in [2.24, 2.45) is 0 Å². The van der Waals surface area contributed by atoms with Crippen LogP contribution in [-0.4, -0.2) is 43.8 Å². The van der Waals surface area contributed by atoms with E-state index in [-0.39, 0.29) is 12.4 Å². The molecule has 0 aliphatic carbocycles. The quantitative estimate of drug-likeness (QED) is 0.427. The number of fused-ring (bicyclic) bond motifs is 1. The Balaban J connectivity index is 1.77. The van der Waals surface area contributed by atoms with Crippen LogP contribution in [0.4, 0.5) is 0 Å². The fourth-order valence-corrected chi connectivity index (χ4v) is 3.52. The van der Waals surface area contributed by atoms with Crippen LogP contribution in [0, 0.1) is 13.8 Å². The van der Waals surface area contributed by atoms with Crippen molar-refractivity contribution in [1.29, 1.82) is 0 Å². The van der Waals surface area contributed by atoms with Crippen LogP contribution in [0.15, 0.2) is 42.5 Å². The van der Waals surface area contributed by atoms with Gasteiger partial charge in [-0.1, -0.05) is 24.3 Å². The topological polar surface area (TPSA) is 66.8 Å². The molecule has 6 nitrogen and oxygen atoms in total. The molecule has 0 unspecified atom stereocenters. The molecule has 0 bridgehead atoms. The second-order valence-electron chi connectivity index (χ2n) is 6.79. The second kappa shape index (κ2) is 8.92. The van der Waals surface area contributed by atoms with Gasteiger partial charge in [0.2, 0.25) is 5.78 Å². The standard InChI is InChI=1S/C23H25NO5/c1-15-13-20(16(2)24(15)11-12-27-3)21(25)14-29-23(26)19-9-10-22(28-4)18-8-6-5-7-17(18)19/h5-10,13H,11-12,14H2,1-4H3. The largest absolute Gasteiger partial charge is 0.496 e. The lowest BCUT2D eigenvalue weighted by Crippen LogP contribution is -2.16. The summed E-state index contributed by atoms with van der Waals surface area (Å²) in [5.74, 6) is -0.0879. The number of aromatic nitrogens is 1. The number of aryl methyl sites for hydroxylation is 1. The van der Waals surface area contributed by atoms with E-state index in [0.29, 0.717) is 30.0 Å². The summed E-state index contributed by atoms with van der Waals surface area (Å²) in [5, 5.41) is 1.54. The first-order chi connectivity index (χ1) is 14.0. The Morgan fingerprint density at radius 2 is 1.69 bits per heavy atom. The molecule has 0 saturated carbocycles. The second-order valence-corrected chi connectivity index (χ2v) is 6.79. The van der Waals surface area contributed by atoms with Gasteiger partial charge in [-0.05, 0) is 37.4 Å². The third-order valence-electron chi connectivity index (χ3n) is 5.05. The Bertz CT molecular complexity index is 1050. The minimum absolute atomic E-state index is 0.229. The molecule has 3 rings (SSSR count). The number of benzene rings is 2. The van der Waals surface area contributed by atoms with Gasteiger partial charge in [0.05, 0.1) is 19.3 Å². The Morgan fingerprint density at radius 3 is 2.38 bits per heavy atom. The smallest absolute Gasteiger partial charge is 0.339 e. The monoisotopic (exact) mass is 395 g/mol. The summed E-state index contributed by atoms with van der Waals surface area (Å²) in [4.78, 5) is 25.3. The Kier molecular flexibility index (Phi) is 6.34. The molecule has 2 aromatic carbocycles. The van der Waals surface area contributed by atoms with Gasteiger partial charge >= 0.3 is 5.97 Å². The first-order valence-corrected chi connectivity index (χ1v) is 9.39. The number of Topliss-reactive ketones (excluding diaryl/α,β-unsaturated/α-hetero) is 1. The number of rotatable bonds is 8. The normalized spacial score (nSPS) is 10.9. The summed E-state index contributed by atoms with van der Waals surface area (Å²) in [5.41, 5.74) is 2.77. The van der Waals surface area contributed by atoms with Crippen molar-refractivity contribution in [3.05, 3.63) is 65.0 Å². The number of hydrogen-bond acceptors (Lipinski definition) is 5. The number of hydrogen-bond donors (Lipinski definition) is 0. The number of esters is 1. The third kappa shape index (κ3) is 4.17. The maximum absolute atomic E-state index is 12.7. The number of carbonyl (C=O) groups is 2. The zero-order valence-corrected chi connectivity index (χ0v) is 17.2. The van der Waals surface area contributed by atoms with E-state index < -0.39 is 5.97 Å². The van der Waals surface area contributed by atoms with Crippen molar-refractivity contribution in [3.8, 4) is 5.75 Å². The average molecular weight is 395 g/mol. The van der Waals surface area contributed by atoms with Crippen molar-refractivity contribution in [3.63, 3.8) is 0 Å². The molecule has 3 aromatic rings. The fraction of sp³-hybridized carbons (Fsp3) is 0.304. The van der Waals surface area contributed by atoms with E-state index in [4.69, 9.17) is 14.2 Å². The van der Waals surface area contributed by atoms with Crippen LogP contribution in [0.25, 0.3) is 10.8 Å². The van der Waals surface area contributed by atoms with Crippen LogP contribution in [0.1, 0.15) is 32.1 Å². The minimum Gasteiger partial charge on any atom is -0.496 e. The summed E-state index contributed by atoms with van der Waals surface area (Å²) in [7, 11) is 3.23. The lowest BCUT2D eigenvalue weighted by Gasteiger charge is -2.11. The lowest BCUT2D eigenvalue weighted by molar-refractivity contribution is 0.0476. The van der Waals surface area contributed by atoms with Crippen molar-refractivity contribution < 1.29 is 23.8 Å². The highest BCUT2D eigenvalue weighted by Crippen LogP contribution is 2.28. The molecular formula is C23H25NO5. The van der Waals surface area contributed by atoms with Crippen molar-refractivity contribution >= 4 is 22.5 Å². The Morgan fingerprint density at radius 1 is 0.966 bits per heavy atom. The molecule has 0 atom stereocenters. The van der Waals surface area contributed by atoms with Crippen LogP contribution < -0.4 is 4.74 Å². The molecule has 29 heavy (non-hydrogen) atoms. The first-order valence-electron chi connectivity index (χ1n) is 9.39. The highest BCUT2D eigenvalue weighted by atomic mass is 16.5. The summed E-state index contributed by atoms with van der Waals surface area (Å²) in [6.45, 7) is 4.74. The van der Waals surface area contributed by atoms with Gasteiger partial charge in [0, 0.05) is 36.0 Å². The van der Waals surface area contributed by atoms with Crippen molar-refractivity contribution in [1.82, 2.24) is 4.57 Å². The summed E-state index contributed by atoms with van der Waals surface area (Å²) in [6, 6.07) is 12.6. The van der Waals surface area contributed by atoms with E-state index in [1.807, 2.05) is 48.7 Å². The van der Waals surface area contributed by atoms with Crippen LogP contribution in [0.2, 0.25) is 0 Å². The molecule has 0 amide bonds. The lowest BCUT2D eigenvalue weighted by atomic mass is 10.0. The fourth-order valence-electron chi connectivity index (χ4n) is 3.52. The van der Waals surface area contributed by atoms with Gasteiger partial charge in [0.25, 0.3) is 0 Å². The molecule has 0 fully saturated rings. The van der Waals surface area contributed by atoms with Crippen molar-refractivity contribution in [2.45, 2.75) is 20.4 Å². The highest BCUT2D eigenvalue weighted by molar-refractivity contribution is 6.07.